The first kappa shape index (κ1) is 31.2. The highest BCUT2D eigenvalue weighted by Crippen LogP contribution is 2.62. The first-order valence-corrected chi connectivity index (χ1v) is 20.1. The monoisotopic (exact) mass is 620 g/mol. The van der Waals surface area contributed by atoms with E-state index in [4.69, 9.17) is 9.47 Å². The van der Waals surface area contributed by atoms with Crippen LogP contribution in [0.1, 0.15) is 131 Å². The normalized spacial score (nSPS) is 50.4. The van der Waals surface area contributed by atoms with Crippen molar-refractivity contribution in [3.8, 4) is 0 Å². The number of rotatable bonds is 10. The second-order valence-electron chi connectivity index (χ2n) is 18.6. The van der Waals surface area contributed by atoms with Gasteiger partial charge >= 0.3 is 11.9 Å². The van der Waals surface area contributed by atoms with E-state index in [0.29, 0.717) is 83.9 Å². The Balaban J connectivity index is 1.08. The summed E-state index contributed by atoms with van der Waals surface area (Å²) in [6.45, 7) is 13.9. The van der Waals surface area contributed by atoms with Crippen LogP contribution in [0.2, 0.25) is 0 Å². The maximum Gasteiger partial charge on any atom is 0.323 e. The van der Waals surface area contributed by atoms with E-state index in [9.17, 15) is 9.59 Å². The Labute approximate surface area is 274 Å². The van der Waals surface area contributed by atoms with E-state index >= 15 is 0 Å². The molecule has 0 N–H and O–H groups in total. The van der Waals surface area contributed by atoms with Gasteiger partial charge in [-0.3, -0.25) is 9.59 Å². The van der Waals surface area contributed by atoms with Crippen molar-refractivity contribution >= 4 is 11.9 Å². The molecule has 0 spiro atoms. The van der Waals surface area contributed by atoms with Gasteiger partial charge in [-0.1, -0.05) is 41.5 Å². The molecule has 4 heteroatoms. The minimum Gasteiger partial charge on any atom is -0.461 e. The minimum atomic E-state index is -1.19. The van der Waals surface area contributed by atoms with Gasteiger partial charge in [-0.2, -0.15) is 0 Å². The largest absolute Gasteiger partial charge is 0.461 e. The maximum atomic E-state index is 14.8. The van der Waals surface area contributed by atoms with Gasteiger partial charge in [0.05, 0.1) is 0 Å². The molecular weight excluding hydrogens is 556 g/mol. The van der Waals surface area contributed by atoms with Crippen molar-refractivity contribution in [3.63, 3.8) is 0 Å². The molecule has 0 aromatic rings. The van der Waals surface area contributed by atoms with Gasteiger partial charge < -0.3 is 9.47 Å². The average Bonchev–Trinajstić information content (AvgIpc) is 3.88. The molecule has 8 saturated carbocycles. The van der Waals surface area contributed by atoms with Crippen LogP contribution in [-0.2, 0) is 19.1 Å². The van der Waals surface area contributed by atoms with Gasteiger partial charge in [-0.05, 0) is 161 Å². The highest BCUT2D eigenvalue weighted by molar-refractivity contribution is 6.00. The van der Waals surface area contributed by atoms with Crippen LogP contribution >= 0.6 is 0 Å². The van der Waals surface area contributed by atoms with Gasteiger partial charge in [0.15, 0.2) is 5.41 Å². The Morgan fingerprint density at radius 2 is 0.733 bits per heavy atom. The van der Waals surface area contributed by atoms with Crippen LogP contribution in [0.15, 0.2) is 0 Å². The fourth-order valence-corrected chi connectivity index (χ4v) is 15.0. The number of esters is 2. The number of hydrogen-bond donors (Lipinski definition) is 0. The zero-order valence-corrected chi connectivity index (χ0v) is 29.4. The first-order chi connectivity index (χ1) is 21.7. The van der Waals surface area contributed by atoms with Crippen LogP contribution in [-0.4, -0.2) is 24.1 Å². The Kier molecular flexibility index (Phi) is 8.00. The van der Waals surface area contributed by atoms with Crippen LogP contribution < -0.4 is 0 Å². The molecule has 0 radical (unpaired) electrons. The molecule has 0 amide bonds. The lowest BCUT2D eigenvalue weighted by atomic mass is 9.67. The van der Waals surface area contributed by atoms with Gasteiger partial charge in [0, 0.05) is 23.7 Å². The maximum absolute atomic E-state index is 14.8. The summed E-state index contributed by atoms with van der Waals surface area (Å²) in [4.78, 5) is 29.6. The summed E-state index contributed by atoms with van der Waals surface area (Å²) in [5.41, 5.74) is -1.19. The molecule has 4 nitrogen and oxygen atoms in total. The summed E-state index contributed by atoms with van der Waals surface area (Å²) in [6.07, 6.45) is 16.7. The molecule has 8 rings (SSSR count). The van der Waals surface area contributed by atoms with Gasteiger partial charge in [-0.25, -0.2) is 0 Å². The van der Waals surface area contributed by atoms with Crippen LogP contribution in [0.4, 0.5) is 0 Å². The topological polar surface area (TPSA) is 52.6 Å². The van der Waals surface area contributed by atoms with Crippen molar-refractivity contribution in [3.05, 3.63) is 0 Å². The minimum absolute atomic E-state index is 0.0367. The van der Waals surface area contributed by atoms with E-state index in [-0.39, 0.29) is 24.1 Å². The quantitative estimate of drug-likeness (QED) is 0.180. The third kappa shape index (κ3) is 4.61. The SMILES string of the molecule is CCC(CC)(C(=O)OC(C1C2CCC(C2)C1C)C1C2CCC(C2)C1C)C(=O)OC(C1C2CCC(C2)C1C)C1C2CCC(C2)C1C. The lowest BCUT2D eigenvalue weighted by Gasteiger charge is -2.45. The predicted octanol–water partition coefficient (Wildman–Crippen LogP) is 9.35. The molecule has 8 fully saturated rings. The Morgan fingerprint density at radius 1 is 0.489 bits per heavy atom. The first-order valence-electron chi connectivity index (χ1n) is 20.1. The van der Waals surface area contributed by atoms with Crippen molar-refractivity contribution in [2.24, 2.45) is 100 Å². The van der Waals surface area contributed by atoms with Crippen molar-refractivity contribution in [1.82, 2.24) is 0 Å². The van der Waals surface area contributed by atoms with Crippen molar-refractivity contribution in [1.29, 1.82) is 0 Å². The van der Waals surface area contributed by atoms with Gasteiger partial charge in [0.1, 0.15) is 12.2 Å². The number of ether oxygens (including phenoxy) is 2. The Morgan fingerprint density at radius 3 is 0.933 bits per heavy atom. The van der Waals surface area contributed by atoms with Gasteiger partial charge in [0.25, 0.3) is 0 Å². The summed E-state index contributed by atoms with van der Waals surface area (Å²) in [5.74, 6) is 9.67. The number of hydrogen-bond acceptors (Lipinski definition) is 4. The molecule has 8 bridgehead atoms. The lowest BCUT2D eigenvalue weighted by Crippen LogP contribution is -2.51. The molecule has 0 aromatic heterocycles. The van der Waals surface area contributed by atoms with E-state index < -0.39 is 5.41 Å². The van der Waals surface area contributed by atoms with Gasteiger partial charge in [-0.15, -0.1) is 0 Å². The zero-order chi connectivity index (χ0) is 31.4. The van der Waals surface area contributed by atoms with E-state index in [2.05, 4.69) is 27.7 Å². The Hall–Kier alpha value is -1.06. The third-order valence-corrected chi connectivity index (χ3v) is 17.6. The molecule has 0 aromatic carbocycles. The number of fused-ring (bicyclic) bond motifs is 8. The number of carbonyl (C=O) groups is 2. The second kappa shape index (κ2) is 11.5. The molecule has 8 aliphatic rings. The molecule has 0 heterocycles. The van der Waals surface area contributed by atoms with Crippen LogP contribution in [0, 0.1) is 100 Å². The Bertz CT molecular complexity index is 986. The fourth-order valence-electron chi connectivity index (χ4n) is 15.0. The molecule has 0 saturated heterocycles. The fraction of sp³-hybridized carbons (Fsp3) is 0.951. The second-order valence-corrected chi connectivity index (χ2v) is 18.6. The standard InChI is InChI=1S/C41H64O4/c1-7-41(8-2,39(42)44-37(33-21(3)25-9-13-29(33)17-25)34-22(4)26-10-14-30(34)18-26)40(43)45-38(35-23(5)27-11-15-31(35)19-27)36-24(6)28-12-16-32(36)20-28/h21-38H,7-20H2,1-6H3. The van der Waals surface area contributed by atoms with E-state index in [0.717, 1.165) is 23.7 Å². The lowest BCUT2D eigenvalue weighted by molar-refractivity contribution is -0.192. The summed E-state index contributed by atoms with van der Waals surface area (Å²) in [7, 11) is 0. The van der Waals surface area contributed by atoms with Crippen LogP contribution in [0.25, 0.3) is 0 Å². The molecule has 16 atom stereocenters. The highest BCUT2D eigenvalue weighted by Gasteiger charge is 2.61. The van der Waals surface area contributed by atoms with Gasteiger partial charge in [0.2, 0.25) is 0 Å². The van der Waals surface area contributed by atoms with Crippen LogP contribution in [0.5, 0.6) is 0 Å². The molecular formula is C41H64O4. The zero-order valence-electron chi connectivity index (χ0n) is 29.4. The summed E-state index contributed by atoms with van der Waals surface area (Å²) in [6, 6.07) is 0. The molecule has 16 unspecified atom stereocenters. The average molecular weight is 621 g/mol. The smallest absolute Gasteiger partial charge is 0.323 e. The third-order valence-electron chi connectivity index (χ3n) is 17.6. The van der Waals surface area contributed by atoms with Crippen molar-refractivity contribution in [2.75, 3.05) is 0 Å². The summed E-state index contributed by atoms with van der Waals surface area (Å²) >= 11 is 0. The summed E-state index contributed by atoms with van der Waals surface area (Å²) in [5, 5.41) is 0. The van der Waals surface area contributed by atoms with Crippen LogP contribution in [0.3, 0.4) is 0 Å². The molecule has 0 aliphatic heterocycles. The predicted molar refractivity (Wildman–Crippen MR) is 177 cm³/mol. The van der Waals surface area contributed by atoms with E-state index in [1.165, 1.54) is 77.0 Å². The molecule has 45 heavy (non-hydrogen) atoms. The van der Waals surface area contributed by atoms with Crippen molar-refractivity contribution < 1.29 is 19.1 Å². The summed E-state index contributed by atoms with van der Waals surface area (Å²) < 4.78 is 13.9. The van der Waals surface area contributed by atoms with E-state index in [1.54, 1.807) is 0 Å². The van der Waals surface area contributed by atoms with Crippen molar-refractivity contribution in [2.45, 2.75) is 144 Å². The molecule has 252 valence electrons. The number of carbonyl (C=O) groups excluding carboxylic acids is 2. The van der Waals surface area contributed by atoms with E-state index in [1.807, 2.05) is 13.8 Å². The molecule has 8 aliphatic carbocycles. The highest BCUT2D eigenvalue weighted by atomic mass is 16.6.